The topological polar surface area (TPSA) is 95.5 Å². The summed E-state index contributed by atoms with van der Waals surface area (Å²) in [6, 6.07) is 7.75. The molecule has 7 heteroatoms. The van der Waals surface area contributed by atoms with Gasteiger partial charge in [-0.3, -0.25) is 15.1 Å². The van der Waals surface area contributed by atoms with E-state index in [0.717, 1.165) is 39.4 Å². The molecule has 0 aromatic carbocycles. The van der Waals surface area contributed by atoms with Crippen LogP contribution in [0, 0.1) is 6.92 Å². The van der Waals surface area contributed by atoms with Crippen LogP contribution in [0.2, 0.25) is 0 Å². The highest BCUT2D eigenvalue weighted by Gasteiger charge is 2.18. The number of aromatic amines is 2. The maximum absolute atomic E-state index is 4.87. The summed E-state index contributed by atoms with van der Waals surface area (Å²) in [4.78, 5) is 21.5. The van der Waals surface area contributed by atoms with Crippen molar-refractivity contribution in [2.24, 2.45) is 4.99 Å². The Labute approximate surface area is 186 Å². The van der Waals surface area contributed by atoms with Crippen molar-refractivity contribution in [2.45, 2.75) is 13.8 Å². The van der Waals surface area contributed by atoms with Crippen molar-refractivity contribution in [3.8, 4) is 11.5 Å². The molecule has 4 rings (SSSR count). The van der Waals surface area contributed by atoms with Crippen molar-refractivity contribution in [1.29, 1.82) is 0 Å². The van der Waals surface area contributed by atoms with Crippen molar-refractivity contribution in [3.05, 3.63) is 96.8 Å². The van der Waals surface area contributed by atoms with Gasteiger partial charge in [-0.2, -0.15) is 5.10 Å². The summed E-state index contributed by atoms with van der Waals surface area (Å²) in [5.41, 5.74) is 7.37. The number of nitrogens with zero attached hydrogens (tertiary/aromatic N) is 5. The quantitative estimate of drug-likeness (QED) is 0.313. The maximum atomic E-state index is 4.87. The van der Waals surface area contributed by atoms with Crippen LogP contribution in [0.4, 0.5) is 0 Å². The lowest BCUT2D eigenvalue weighted by molar-refractivity contribution is 1.10. The number of H-pyrrole nitrogens is 2. The average molecular weight is 422 g/mol. The zero-order valence-corrected chi connectivity index (χ0v) is 18.0. The molecule has 0 saturated carbocycles. The van der Waals surface area contributed by atoms with E-state index in [2.05, 4.69) is 38.3 Å². The van der Waals surface area contributed by atoms with E-state index in [9.17, 15) is 0 Å². The molecule has 2 N–H and O–H groups in total. The number of aliphatic imine (C=N–C) groups is 1. The number of fused-ring (bicyclic) bond motifs is 1. The van der Waals surface area contributed by atoms with Crippen LogP contribution < -0.4 is 0 Å². The first-order chi connectivity index (χ1) is 15.7. The molecule has 0 unspecified atom stereocenters. The van der Waals surface area contributed by atoms with Gasteiger partial charge in [0, 0.05) is 29.9 Å². The molecule has 0 aliphatic rings. The number of rotatable bonds is 7. The van der Waals surface area contributed by atoms with E-state index in [1.165, 1.54) is 0 Å². The Bertz CT molecular complexity index is 1370. The molecule has 0 aliphatic carbocycles. The Kier molecular flexibility index (Phi) is 5.98. The smallest absolute Gasteiger partial charge is 0.161 e. The molecule has 0 bridgehead atoms. The molecule has 0 aliphatic heterocycles. The summed E-state index contributed by atoms with van der Waals surface area (Å²) < 4.78 is 0. The zero-order chi connectivity index (χ0) is 22.5. The first-order valence-corrected chi connectivity index (χ1v) is 10.1. The highest BCUT2D eigenvalue weighted by molar-refractivity contribution is 5.90. The molecule has 0 atom stereocenters. The molecule has 0 fully saturated rings. The molecule has 0 radical (unpaired) electrons. The van der Waals surface area contributed by atoms with Gasteiger partial charge in [0.1, 0.15) is 5.52 Å². The molecule has 7 nitrogen and oxygen atoms in total. The number of allylic oxidation sites excluding steroid dienone is 4. The molecule has 4 aromatic rings. The summed E-state index contributed by atoms with van der Waals surface area (Å²) >= 11 is 0. The Morgan fingerprint density at radius 3 is 2.59 bits per heavy atom. The lowest BCUT2D eigenvalue weighted by atomic mass is 10.0. The minimum atomic E-state index is 0.633. The van der Waals surface area contributed by atoms with Crippen LogP contribution in [0.5, 0.6) is 0 Å². The predicted octanol–water partition coefficient (Wildman–Crippen LogP) is 5.29. The van der Waals surface area contributed by atoms with Crippen molar-refractivity contribution in [2.75, 3.05) is 0 Å². The van der Waals surface area contributed by atoms with Crippen LogP contribution >= 0.6 is 0 Å². The maximum Gasteiger partial charge on any atom is 0.161 e. The number of imidazole rings is 1. The van der Waals surface area contributed by atoms with Crippen molar-refractivity contribution >= 4 is 28.5 Å². The summed E-state index contributed by atoms with van der Waals surface area (Å²) in [6.07, 6.45) is 12.4. The second-order valence-corrected chi connectivity index (χ2v) is 6.96. The number of hydrogen-bond donors (Lipinski definition) is 2. The number of pyridine rings is 2. The second kappa shape index (κ2) is 9.18. The molecule has 32 heavy (non-hydrogen) atoms. The van der Waals surface area contributed by atoms with Gasteiger partial charge >= 0.3 is 0 Å². The van der Waals surface area contributed by atoms with E-state index < -0.39 is 0 Å². The molecule has 0 saturated heterocycles. The van der Waals surface area contributed by atoms with E-state index in [0.29, 0.717) is 17.0 Å². The van der Waals surface area contributed by atoms with E-state index in [1.807, 2.05) is 50.3 Å². The number of hydrogen-bond acceptors (Lipinski definition) is 5. The lowest BCUT2D eigenvalue weighted by Crippen LogP contribution is -1.92. The van der Waals surface area contributed by atoms with Crippen LogP contribution in [0.3, 0.4) is 0 Å². The predicted molar refractivity (Wildman–Crippen MR) is 130 cm³/mol. The fourth-order valence-electron chi connectivity index (χ4n) is 3.42. The van der Waals surface area contributed by atoms with Crippen LogP contribution in [-0.2, 0) is 0 Å². The van der Waals surface area contributed by atoms with Gasteiger partial charge in [0.05, 0.1) is 22.6 Å². The van der Waals surface area contributed by atoms with E-state index >= 15 is 0 Å². The van der Waals surface area contributed by atoms with Gasteiger partial charge in [0.15, 0.2) is 11.5 Å². The second-order valence-electron chi connectivity index (χ2n) is 6.96. The minimum Gasteiger partial charge on any atom is -0.340 e. The first kappa shape index (κ1) is 20.9. The normalized spacial score (nSPS) is 12.6. The standard InChI is InChI=1S/C25H23N7/c1-5-8-18(17-11-14-26-15-12-17)22-16(4)28-25(30-22)24-23-21(31-32-24)10-9-20(29-23)19(7-3)27-13-6-2/h5-15H,1-2H2,3-4H3,(H,28,30)(H,31,32)/b18-8-,19-7-,27-13?. The lowest BCUT2D eigenvalue weighted by Gasteiger charge is -2.05. The number of nitrogens with one attached hydrogen (secondary N) is 2. The van der Waals surface area contributed by atoms with Crippen LogP contribution in [0.15, 0.2) is 79.1 Å². The fourth-order valence-corrected chi connectivity index (χ4v) is 3.42. The van der Waals surface area contributed by atoms with Crippen molar-refractivity contribution in [1.82, 2.24) is 30.1 Å². The highest BCUT2D eigenvalue weighted by Crippen LogP contribution is 2.30. The fraction of sp³-hybridized carbons (Fsp3) is 0.0800. The molecule has 0 spiro atoms. The van der Waals surface area contributed by atoms with E-state index in [-0.39, 0.29) is 0 Å². The van der Waals surface area contributed by atoms with Crippen LogP contribution in [0.1, 0.15) is 29.6 Å². The van der Waals surface area contributed by atoms with Gasteiger partial charge in [-0.1, -0.05) is 37.5 Å². The molecule has 4 heterocycles. The summed E-state index contributed by atoms with van der Waals surface area (Å²) in [5.74, 6) is 0.633. The van der Waals surface area contributed by atoms with Gasteiger partial charge in [0.2, 0.25) is 0 Å². The Morgan fingerprint density at radius 1 is 1.06 bits per heavy atom. The van der Waals surface area contributed by atoms with Gasteiger partial charge in [-0.25, -0.2) is 9.97 Å². The van der Waals surface area contributed by atoms with E-state index in [4.69, 9.17) is 9.97 Å². The summed E-state index contributed by atoms with van der Waals surface area (Å²) in [7, 11) is 0. The van der Waals surface area contributed by atoms with Crippen LogP contribution in [0.25, 0.3) is 33.8 Å². The molecular formula is C25H23N7. The first-order valence-electron chi connectivity index (χ1n) is 10.1. The van der Waals surface area contributed by atoms with Gasteiger partial charge in [-0.15, -0.1) is 0 Å². The molecule has 0 amide bonds. The summed E-state index contributed by atoms with van der Waals surface area (Å²) in [6.45, 7) is 11.4. The minimum absolute atomic E-state index is 0.633. The highest BCUT2D eigenvalue weighted by atomic mass is 15.2. The van der Waals surface area contributed by atoms with Gasteiger partial charge in [-0.05, 0) is 43.7 Å². The molecule has 4 aromatic heterocycles. The van der Waals surface area contributed by atoms with Crippen molar-refractivity contribution < 1.29 is 0 Å². The van der Waals surface area contributed by atoms with Gasteiger partial charge < -0.3 is 4.98 Å². The van der Waals surface area contributed by atoms with Crippen molar-refractivity contribution in [3.63, 3.8) is 0 Å². The monoisotopic (exact) mass is 421 g/mol. The largest absolute Gasteiger partial charge is 0.340 e. The number of aromatic nitrogens is 6. The summed E-state index contributed by atoms with van der Waals surface area (Å²) in [5, 5.41) is 7.52. The average Bonchev–Trinajstić information content (AvgIpc) is 3.41. The number of aryl methyl sites for hydroxylation is 1. The zero-order valence-electron chi connectivity index (χ0n) is 18.0. The Balaban J connectivity index is 1.81. The molecule has 158 valence electrons. The van der Waals surface area contributed by atoms with E-state index in [1.54, 1.807) is 30.8 Å². The van der Waals surface area contributed by atoms with Gasteiger partial charge in [0.25, 0.3) is 0 Å². The molecular weight excluding hydrogens is 398 g/mol. The Morgan fingerprint density at radius 2 is 1.88 bits per heavy atom. The SMILES string of the molecule is C=CC=N/C(=C\C)c1ccc2[nH]nc(-c3nc(/C(=C\C=C)c4ccncc4)c(C)[nH]3)c2n1. The third-order valence-electron chi connectivity index (χ3n) is 4.90. The Hall–Kier alpha value is -4.39. The third-order valence-corrected chi connectivity index (χ3v) is 4.90. The van der Waals surface area contributed by atoms with Crippen LogP contribution in [-0.4, -0.2) is 36.3 Å². The third kappa shape index (κ3) is 3.96.